The number of carbonyl (C=O) groups excluding carboxylic acids is 1. The summed E-state index contributed by atoms with van der Waals surface area (Å²) in [4.78, 5) is 11.7. The zero-order valence-electron chi connectivity index (χ0n) is 11.4. The topological polar surface area (TPSA) is 70.6 Å². The molecule has 2 atom stereocenters. The van der Waals surface area contributed by atoms with Crippen molar-refractivity contribution in [3.8, 4) is 0 Å². The van der Waals surface area contributed by atoms with Crippen molar-refractivity contribution in [3.05, 3.63) is 0 Å². The second-order valence-electron chi connectivity index (χ2n) is 4.88. The monoisotopic (exact) mass is 258 g/mol. The first-order valence-electron chi connectivity index (χ1n) is 6.93. The Hall–Kier alpha value is -0.650. The maximum atomic E-state index is 11.7. The van der Waals surface area contributed by atoms with E-state index in [9.17, 15) is 9.90 Å². The van der Waals surface area contributed by atoms with Gasteiger partial charge in [0.1, 0.15) is 0 Å². The smallest absolute Gasteiger partial charge is 0.221 e. The van der Waals surface area contributed by atoms with Gasteiger partial charge in [0.25, 0.3) is 0 Å². The molecule has 106 valence electrons. The van der Waals surface area contributed by atoms with E-state index in [0.29, 0.717) is 26.2 Å². The quantitative estimate of drug-likeness (QED) is 0.613. The molecule has 0 radical (unpaired) electrons. The molecular weight excluding hydrogens is 232 g/mol. The lowest BCUT2D eigenvalue weighted by Crippen LogP contribution is -2.45. The van der Waals surface area contributed by atoms with Crippen molar-refractivity contribution >= 4 is 5.91 Å². The molecule has 1 aliphatic rings. The van der Waals surface area contributed by atoms with Crippen molar-refractivity contribution in [2.45, 2.75) is 45.3 Å². The molecule has 1 rings (SSSR count). The molecule has 0 bridgehead atoms. The third kappa shape index (κ3) is 5.33. The maximum absolute atomic E-state index is 11.7. The van der Waals surface area contributed by atoms with Gasteiger partial charge in [-0.05, 0) is 5.92 Å². The predicted octanol–water partition coefficient (Wildman–Crippen LogP) is 0.278. The molecule has 1 amide bonds. The number of amides is 1. The minimum Gasteiger partial charge on any atom is -0.391 e. The molecule has 5 nitrogen and oxygen atoms in total. The lowest BCUT2D eigenvalue weighted by Gasteiger charge is -2.24. The number of aliphatic hydroxyl groups excluding tert-OH is 1. The van der Waals surface area contributed by atoms with Crippen molar-refractivity contribution in [3.63, 3.8) is 0 Å². The van der Waals surface area contributed by atoms with Crippen LogP contribution >= 0.6 is 0 Å². The van der Waals surface area contributed by atoms with E-state index >= 15 is 0 Å². The third-order valence-corrected chi connectivity index (χ3v) is 3.53. The van der Waals surface area contributed by atoms with E-state index in [4.69, 9.17) is 4.74 Å². The van der Waals surface area contributed by atoms with E-state index < -0.39 is 6.10 Å². The molecule has 0 aromatic rings. The number of hydrogen-bond donors (Lipinski definition) is 3. The van der Waals surface area contributed by atoms with Gasteiger partial charge in [0.15, 0.2) is 0 Å². The summed E-state index contributed by atoms with van der Waals surface area (Å²) < 4.78 is 5.29. The van der Waals surface area contributed by atoms with Gasteiger partial charge in [-0.3, -0.25) is 4.79 Å². The van der Waals surface area contributed by atoms with E-state index in [0.717, 1.165) is 19.4 Å². The molecule has 2 unspecified atom stereocenters. The Morgan fingerprint density at radius 1 is 1.50 bits per heavy atom. The third-order valence-electron chi connectivity index (χ3n) is 3.53. The summed E-state index contributed by atoms with van der Waals surface area (Å²) in [6.45, 7) is 6.56. The molecule has 1 fully saturated rings. The zero-order valence-corrected chi connectivity index (χ0v) is 11.4. The minimum absolute atomic E-state index is 0.0250. The van der Waals surface area contributed by atoms with Crippen molar-refractivity contribution < 1.29 is 14.6 Å². The largest absolute Gasteiger partial charge is 0.391 e. The van der Waals surface area contributed by atoms with Gasteiger partial charge in [-0.25, -0.2) is 0 Å². The molecule has 3 N–H and O–H groups in total. The number of morpholine rings is 1. The van der Waals surface area contributed by atoms with Crippen LogP contribution in [0, 0.1) is 5.92 Å². The highest BCUT2D eigenvalue weighted by Gasteiger charge is 2.19. The Balaban J connectivity index is 2.19. The van der Waals surface area contributed by atoms with Gasteiger partial charge in [0.05, 0.1) is 19.3 Å². The summed E-state index contributed by atoms with van der Waals surface area (Å²) in [6, 6.07) is 0.101. The van der Waals surface area contributed by atoms with Gasteiger partial charge >= 0.3 is 0 Å². The van der Waals surface area contributed by atoms with Gasteiger partial charge in [0, 0.05) is 25.6 Å². The van der Waals surface area contributed by atoms with Gasteiger partial charge in [-0.15, -0.1) is 0 Å². The highest BCUT2D eigenvalue weighted by atomic mass is 16.5. The molecule has 0 saturated carbocycles. The zero-order chi connectivity index (χ0) is 13.4. The van der Waals surface area contributed by atoms with E-state index in [-0.39, 0.29) is 17.9 Å². The Morgan fingerprint density at radius 3 is 2.78 bits per heavy atom. The lowest BCUT2D eigenvalue weighted by atomic mass is 9.96. The van der Waals surface area contributed by atoms with Crippen LogP contribution in [0.15, 0.2) is 0 Å². The standard InChI is InChI=1S/C13H26N2O3/c1-3-10(4-2)12(16)8-15-13(17)7-11-9-18-6-5-14-11/h10-12,14,16H,3-9H2,1-2H3,(H,15,17). The number of hydrogen-bond acceptors (Lipinski definition) is 4. The highest BCUT2D eigenvalue weighted by molar-refractivity contribution is 5.76. The first kappa shape index (κ1) is 15.4. The second kappa shape index (κ2) is 8.45. The highest BCUT2D eigenvalue weighted by Crippen LogP contribution is 2.12. The van der Waals surface area contributed by atoms with Gasteiger partial charge in [0.2, 0.25) is 5.91 Å². The fourth-order valence-electron chi connectivity index (χ4n) is 2.26. The van der Waals surface area contributed by atoms with E-state index in [2.05, 4.69) is 24.5 Å². The Labute approximate surface area is 109 Å². The van der Waals surface area contributed by atoms with Gasteiger partial charge in [-0.2, -0.15) is 0 Å². The van der Waals surface area contributed by atoms with E-state index in [1.807, 2.05) is 0 Å². The fourth-order valence-corrected chi connectivity index (χ4v) is 2.26. The molecule has 18 heavy (non-hydrogen) atoms. The number of ether oxygens (including phenoxy) is 1. The second-order valence-corrected chi connectivity index (χ2v) is 4.88. The first-order valence-corrected chi connectivity index (χ1v) is 6.93. The summed E-state index contributed by atoms with van der Waals surface area (Å²) >= 11 is 0. The van der Waals surface area contributed by atoms with Crippen LogP contribution in [0.3, 0.4) is 0 Å². The summed E-state index contributed by atoms with van der Waals surface area (Å²) in [7, 11) is 0. The number of carbonyl (C=O) groups is 1. The predicted molar refractivity (Wildman–Crippen MR) is 70.3 cm³/mol. The van der Waals surface area contributed by atoms with Crippen molar-refractivity contribution in [1.29, 1.82) is 0 Å². The molecule has 1 heterocycles. The van der Waals surface area contributed by atoms with Crippen LogP contribution in [0.25, 0.3) is 0 Å². The fraction of sp³-hybridized carbons (Fsp3) is 0.923. The minimum atomic E-state index is -0.445. The van der Waals surface area contributed by atoms with Crippen molar-refractivity contribution in [2.75, 3.05) is 26.3 Å². The lowest BCUT2D eigenvalue weighted by molar-refractivity contribution is -0.122. The van der Waals surface area contributed by atoms with Crippen LogP contribution < -0.4 is 10.6 Å². The molecule has 1 saturated heterocycles. The van der Waals surface area contributed by atoms with Crippen molar-refractivity contribution in [1.82, 2.24) is 10.6 Å². The number of rotatable bonds is 7. The Bertz CT molecular complexity index is 238. The number of nitrogens with one attached hydrogen (secondary N) is 2. The summed E-state index contributed by atoms with van der Waals surface area (Å²) in [5.41, 5.74) is 0. The number of aliphatic hydroxyl groups is 1. The van der Waals surface area contributed by atoms with Crippen LogP contribution in [0.4, 0.5) is 0 Å². The molecule has 0 spiro atoms. The molecule has 0 aromatic heterocycles. The Morgan fingerprint density at radius 2 is 2.22 bits per heavy atom. The molecule has 0 aromatic carbocycles. The van der Waals surface area contributed by atoms with Crippen LogP contribution in [0.2, 0.25) is 0 Å². The normalized spacial score (nSPS) is 21.9. The molecule has 0 aliphatic carbocycles. The van der Waals surface area contributed by atoms with Crippen LogP contribution in [-0.2, 0) is 9.53 Å². The molecular formula is C13H26N2O3. The summed E-state index contributed by atoms with van der Waals surface area (Å²) in [5, 5.41) is 15.9. The maximum Gasteiger partial charge on any atom is 0.221 e. The first-order chi connectivity index (χ1) is 8.67. The molecule has 1 aliphatic heterocycles. The van der Waals surface area contributed by atoms with Crippen molar-refractivity contribution in [2.24, 2.45) is 5.92 Å². The summed E-state index contributed by atoms with van der Waals surface area (Å²) in [6.07, 6.45) is 1.84. The average Bonchev–Trinajstić information content (AvgIpc) is 2.39. The van der Waals surface area contributed by atoms with Gasteiger partial charge < -0.3 is 20.5 Å². The van der Waals surface area contributed by atoms with Gasteiger partial charge in [-0.1, -0.05) is 26.7 Å². The van der Waals surface area contributed by atoms with Crippen LogP contribution in [0.5, 0.6) is 0 Å². The SMILES string of the molecule is CCC(CC)C(O)CNC(=O)CC1COCCN1. The van der Waals surface area contributed by atoms with Crippen LogP contribution in [-0.4, -0.2) is 49.5 Å². The average molecular weight is 258 g/mol. The Kier molecular flexibility index (Phi) is 7.23. The van der Waals surface area contributed by atoms with Crippen LogP contribution in [0.1, 0.15) is 33.1 Å². The molecule has 5 heteroatoms. The van der Waals surface area contributed by atoms with E-state index in [1.54, 1.807) is 0 Å². The summed E-state index contributed by atoms with van der Waals surface area (Å²) in [5.74, 6) is 0.240. The van der Waals surface area contributed by atoms with E-state index in [1.165, 1.54) is 0 Å².